The van der Waals surface area contributed by atoms with Gasteiger partial charge in [-0.15, -0.1) is 0 Å². The van der Waals surface area contributed by atoms with E-state index >= 15 is 0 Å². The molecule has 1 aromatic heterocycles. The fourth-order valence-corrected chi connectivity index (χ4v) is 2.12. The molecule has 0 unspecified atom stereocenters. The Hall–Kier alpha value is -2.03. The molecule has 128 valence electrons. The predicted octanol–water partition coefficient (Wildman–Crippen LogP) is 1.95. The molecule has 0 aliphatic carbocycles. The molecule has 1 aliphatic heterocycles. The van der Waals surface area contributed by atoms with Gasteiger partial charge in [0.25, 0.3) is 0 Å². The minimum Gasteiger partial charge on any atom is -0.468 e. The van der Waals surface area contributed by atoms with E-state index in [1.807, 2.05) is 6.92 Å². The largest absolute Gasteiger partial charge is 0.468 e. The summed E-state index contributed by atoms with van der Waals surface area (Å²) in [6, 6.07) is 2.82. The number of nitrogens with one attached hydrogen (secondary N) is 1. The predicted molar refractivity (Wildman–Crippen MR) is 75.0 cm³/mol. The zero-order valence-electron chi connectivity index (χ0n) is 12.6. The van der Waals surface area contributed by atoms with Crippen LogP contribution in [0.2, 0.25) is 0 Å². The second-order valence-corrected chi connectivity index (χ2v) is 5.16. The summed E-state index contributed by atoms with van der Waals surface area (Å²) >= 11 is 0. The first kappa shape index (κ1) is 17.3. The molecule has 23 heavy (non-hydrogen) atoms. The molecule has 1 saturated heterocycles. The fraction of sp³-hybridized carbons (Fsp3) is 0.571. The average molecular weight is 333 g/mol. The monoisotopic (exact) mass is 333 g/mol. The van der Waals surface area contributed by atoms with Crippen molar-refractivity contribution in [3.63, 3.8) is 0 Å². The highest BCUT2D eigenvalue weighted by Crippen LogP contribution is 2.20. The van der Waals surface area contributed by atoms with Gasteiger partial charge in [-0.1, -0.05) is 6.07 Å². The molecule has 0 bridgehead atoms. The van der Waals surface area contributed by atoms with Crippen LogP contribution >= 0.6 is 0 Å². The molecule has 6 nitrogen and oxygen atoms in total. The molecule has 2 heterocycles. The van der Waals surface area contributed by atoms with Gasteiger partial charge in [0.15, 0.2) is 6.61 Å². The zero-order valence-corrected chi connectivity index (χ0v) is 12.6. The van der Waals surface area contributed by atoms with Crippen LogP contribution in [0.3, 0.4) is 0 Å². The first-order valence-electron chi connectivity index (χ1n) is 7.13. The number of nitrogens with zero attached hydrogens (tertiary/aromatic N) is 2. The van der Waals surface area contributed by atoms with E-state index in [1.54, 1.807) is 17.0 Å². The first-order valence-corrected chi connectivity index (χ1v) is 7.13. The Balaban J connectivity index is 1.91. The van der Waals surface area contributed by atoms with Crippen molar-refractivity contribution in [2.45, 2.75) is 25.7 Å². The van der Waals surface area contributed by atoms with E-state index in [9.17, 15) is 18.0 Å². The summed E-state index contributed by atoms with van der Waals surface area (Å²) < 4.78 is 46.7. The van der Waals surface area contributed by atoms with Gasteiger partial charge in [0, 0.05) is 31.4 Å². The maximum atomic E-state index is 12.2. The van der Waals surface area contributed by atoms with Crippen LogP contribution in [0.1, 0.15) is 12.5 Å². The Morgan fingerprint density at radius 1 is 1.57 bits per heavy atom. The highest BCUT2D eigenvalue weighted by atomic mass is 19.4. The van der Waals surface area contributed by atoms with E-state index in [-0.39, 0.29) is 24.6 Å². The minimum atomic E-state index is -4.44. The quantitative estimate of drug-likeness (QED) is 0.915. The number of ether oxygens (including phenoxy) is 2. The fourth-order valence-electron chi connectivity index (χ4n) is 2.12. The minimum absolute atomic E-state index is 0.0333. The summed E-state index contributed by atoms with van der Waals surface area (Å²) in [4.78, 5) is 17.4. The van der Waals surface area contributed by atoms with Crippen LogP contribution in [0.15, 0.2) is 18.3 Å². The number of halogens is 3. The van der Waals surface area contributed by atoms with Crippen LogP contribution in [0, 0.1) is 0 Å². The van der Waals surface area contributed by atoms with E-state index in [0.717, 1.165) is 0 Å². The maximum absolute atomic E-state index is 12.2. The van der Waals surface area contributed by atoms with Crippen LogP contribution in [0.4, 0.5) is 18.0 Å². The van der Waals surface area contributed by atoms with Gasteiger partial charge >= 0.3 is 12.2 Å². The Kier molecular flexibility index (Phi) is 5.64. The highest BCUT2D eigenvalue weighted by molar-refractivity contribution is 5.74. The molecule has 0 spiro atoms. The molecule has 2 rings (SSSR count). The molecule has 0 radical (unpaired) electrons. The number of aromatic nitrogens is 1. The van der Waals surface area contributed by atoms with Gasteiger partial charge in [-0.2, -0.15) is 13.2 Å². The normalized spacial score (nSPS) is 18.6. The van der Waals surface area contributed by atoms with Gasteiger partial charge in [-0.05, 0) is 13.0 Å². The Morgan fingerprint density at radius 2 is 2.35 bits per heavy atom. The molecule has 0 saturated carbocycles. The molecule has 2 amide bonds. The number of pyridine rings is 1. The van der Waals surface area contributed by atoms with Crippen molar-refractivity contribution in [3.05, 3.63) is 23.9 Å². The molecule has 1 N–H and O–H groups in total. The zero-order chi connectivity index (χ0) is 16.9. The van der Waals surface area contributed by atoms with Crippen molar-refractivity contribution < 1.29 is 27.4 Å². The van der Waals surface area contributed by atoms with E-state index in [0.29, 0.717) is 25.3 Å². The number of alkyl halides is 3. The lowest BCUT2D eigenvalue weighted by molar-refractivity contribution is -0.154. The number of hydrogen-bond donors (Lipinski definition) is 1. The second-order valence-electron chi connectivity index (χ2n) is 5.16. The van der Waals surface area contributed by atoms with Crippen LogP contribution in [-0.4, -0.2) is 54.5 Å². The van der Waals surface area contributed by atoms with Crippen molar-refractivity contribution >= 4 is 6.03 Å². The van der Waals surface area contributed by atoms with Gasteiger partial charge < -0.3 is 19.7 Å². The van der Waals surface area contributed by atoms with Crippen LogP contribution < -0.4 is 10.1 Å². The number of hydrogen-bond acceptors (Lipinski definition) is 4. The van der Waals surface area contributed by atoms with Crippen molar-refractivity contribution in [1.29, 1.82) is 0 Å². The standard InChI is InChI=1S/C14H18F3N3O3/c1-10-8-20(5-6-22-10)13(21)19-7-11-3-2-4-18-12(11)23-9-14(15,16)17/h2-4,10H,5-9H2,1H3,(H,19,21)/t10-/m1/s1. The SMILES string of the molecule is C[C@@H]1CN(C(=O)NCc2cccnc2OCC(F)(F)F)CCO1. The average Bonchev–Trinajstić information content (AvgIpc) is 2.50. The van der Waals surface area contributed by atoms with Crippen LogP contribution in [0.25, 0.3) is 0 Å². The summed E-state index contributed by atoms with van der Waals surface area (Å²) in [5, 5.41) is 2.66. The number of amides is 2. The van der Waals surface area contributed by atoms with Gasteiger partial charge in [-0.25, -0.2) is 9.78 Å². The maximum Gasteiger partial charge on any atom is 0.422 e. The summed E-state index contributed by atoms with van der Waals surface area (Å²) in [6.07, 6.45) is -3.15. The Bertz CT molecular complexity index is 539. The van der Waals surface area contributed by atoms with Crippen molar-refractivity contribution in [2.24, 2.45) is 0 Å². The van der Waals surface area contributed by atoms with Crippen LogP contribution in [0.5, 0.6) is 5.88 Å². The molecule has 9 heteroatoms. The molecule has 1 aromatic rings. The molecule has 1 fully saturated rings. The van der Waals surface area contributed by atoms with E-state index in [2.05, 4.69) is 15.0 Å². The van der Waals surface area contributed by atoms with Crippen molar-refractivity contribution in [3.8, 4) is 5.88 Å². The highest BCUT2D eigenvalue weighted by Gasteiger charge is 2.29. The molecular weight excluding hydrogens is 315 g/mol. The third-order valence-corrected chi connectivity index (χ3v) is 3.18. The third kappa shape index (κ3) is 5.59. The molecule has 0 aromatic carbocycles. The van der Waals surface area contributed by atoms with Gasteiger partial charge in [0.1, 0.15) is 0 Å². The molecule has 1 aliphatic rings. The molecular formula is C14H18F3N3O3. The first-order chi connectivity index (χ1) is 10.8. The smallest absolute Gasteiger partial charge is 0.422 e. The lowest BCUT2D eigenvalue weighted by Crippen LogP contribution is -2.48. The second kappa shape index (κ2) is 7.49. The van der Waals surface area contributed by atoms with Gasteiger partial charge in [0.05, 0.1) is 12.7 Å². The third-order valence-electron chi connectivity index (χ3n) is 3.18. The van der Waals surface area contributed by atoms with Gasteiger partial charge in [-0.3, -0.25) is 0 Å². The van der Waals surface area contributed by atoms with E-state index < -0.39 is 12.8 Å². The number of rotatable bonds is 4. The Morgan fingerprint density at radius 3 is 3.04 bits per heavy atom. The van der Waals surface area contributed by atoms with Crippen molar-refractivity contribution in [1.82, 2.24) is 15.2 Å². The van der Waals surface area contributed by atoms with E-state index in [1.165, 1.54) is 6.20 Å². The number of carbonyl (C=O) groups is 1. The van der Waals surface area contributed by atoms with Crippen molar-refractivity contribution in [2.75, 3.05) is 26.3 Å². The summed E-state index contributed by atoms with van der Waals surface area (Å²) in [5.74, 6) is -0.138. The topological polar surface area (TPSA) is 63.7 Å². The summed E-state index contributed by atoms with van der Waals surface area (Å²) in [5.41, 5.74) is 0.381. The lowest BCUT2D eigenvalue weighted by Gasteiger charge is -2.31. The number of morpholine rings is 1. The Labute approximate surface area is 131 Å². The van der Waals surface area contributed by atoms with Crippen LogP contribution in [-0.2, 0) is 11.3 Å². The number of urea groups is 1. The van der Waals surface area contributed by atoms with Gasteiger partial charge in [0.2, 0.25) is 5.88 Å². The lowest BCUT2D eigenvalue weighted by atomic mass is 10.2. The summed E-state index contributed by atoms with van der Waals surface area (Å²) in [7, 11) is 0. The summed E-state index contributed by atoms with van der Waals surface area (Å²) in [6.45, 7) is 1.87. The number of carbonyl (C=O) groups excluding carboxylic acids is 1. The van der Waals surface area contributed by atoms with E-state index in [4.69, 9.17) is 4.74 Å². The molecule has 1 atom stereocenters.